The predicted molar refractivity (Wildman–Crippen MR) is 335 cm³/mol. The topological polar surface area (TPSA) is 237 Å². The Labute approximate surface area is 511 Å². The summed E-state index contributed by atoms with van der Waals surface area (Å²) in [6, 6.07) is 0. The van der Waals surface area contributed by atoms with Crippen LogP contribution < -0.4 is 0 Å². The van der Waals surface area contributed by atoms with Crippen LogP contribution in [0.4, 0.5) is 0 Å². The van der Waals surface area contributed by atoms with Crippen molar-refractivity contribution in [2.24, 2.45) is 5.92 Å². The molecule has 0 spiro atoms. The molecular formula is C65H126O17P2. The van der Waals surface area contributed by atoms with Gasteiger partial charge in [0.05, 0.1) is 26.4 Å². The van der Waals surface area contributed by atoms with Crippen molar-refractivity contribution < 1.29 is 80.2 Å². The molecule has 0 bridgehead atoms. The van der Waals surface area contributed by atoms with E-state index < -0.39 is 97.5 Å². The molecule has 0 amide bonds. The van der Waals surface area contributed by atoms with Gasteiger partial charge in [0.1, 0.15) is 19.3 Å². The summed E-state index contributed by atoms with van der Waals surface area (Å²) in [5, 5.41) is 10.5. The molecule has 17 nitrogen and oxygen atoms in total. The number of carbonyl (C=O) groups excluding carboxylic acids is 4. The molecular weight excluding hydrogens is 1110 g/mol. The summed E-state index contributed by atoms with van der Waals surface area (Å²) in [5.41, 5.74) is 0. The largest absolute Gasteiger partial charge is 0.472 e. The van der Waals surface area contributed by atoms with Gasteiger partial charge in [-0.05, 0) is 31.6 Å². The average molecular weight is 1240 g/mol. The van der Waals surface area contributed by atoms with Crippen LogP contribution in [0.1, 0.15) is 330 Å². The molecule has 0 heterocycles. The van der Waals surface area contributed by atoms with Crippen LogP contribution >= 0.6 is 15.6 Å². The van der Waals surface area contributed by atoms with Crippen molar-refractivity contribution in [3.8, 4) is 0 Å². The molecule has 0 aromatic heterocycles. The third-order valence-electron chi connectivity index (χ3n) is 15.0. The molecule has 0 saturated heterocycles. The lowest BCUT2D eigenvalue weighted by Crippen LogP contribution is -2.30. The maximum absolute atomic E-state index is 13.0. The molecule has 0 aromatic carbocycles. The number of aliphatic hydroxyl groups excluding tert-OH is 1. The fraction of sp³-hybridized carbons (Fsp3) is 0.938. The number of ether oxygens (including phenoxy) is 4. The van der Waals surface area contributed by atoms with Crippen molar-refractivity contribution in [3.05, 3.63) is 0 Å². The van der Waals surface area contributed by atoms with E-state index in [1.807, 2.05) is 0 Å². The van der Waals surface area contributed by atoms with Crippen LogP contribution in [0.3, 0.4) is 0 Å². The quantitative estimate of drug-likeness (QED) is 0.0222. The van der Waals surface area contributed by atoms with Gasteiger partial charge in [-0.15, -0.1) is 0 Å². The van der Waals surface area contributed by atoms with E-state index in [4.69, 9.17) is 37.0 Å². The second-order valence-electron chi connectivity index (χ2n) is 24.0. The number of phosphoric acid groups is 2. The minimum absolute atomic E-state index is 0.103. The van der Waals surface area contributed by atoms with Crippen LogP contribution in [0.15, 0.2) is 0 Å². The van der Waals surface area contributed by atoms with E-state index >= 15 is 0 Å². The zero-order valence-electron chi connectivity index (χ0n) is 54.0. The van der Waals surface area contributed by atoms with Crippen molar-refractivity contribution in [1.29, 1.82) is 0 Å². The Morgan fingerprint density at radius 1 is 0.321 bits per heavy atom. The summed E-state index contributed by atoms with van der Waals surface area (Å²) < 4.78 is 67.9. The van der Waals surface area contributed by atoms with Crippen LogP contribution in [0, 0.1) is 5.92 Å². The lowest BCUT2D eigenvalue weighted by atomic mass is 10.0. The highest BCUT2D eigenvalue weighted by atomic mass is 31.2. The van der Waals surface area contributed by atoms with Crippen molar-refractivity contribution >= 4 is 39.5 Å². The molecule has 0 fully saturated rings. The standard InChI is InChI=1S/C65H126O17P2/c1-6-9-12-15-17-19-21-23-25-27-29-31-35-40-45-50-64(69)82-61(55-76-63(68)49-44-39-34-30-28-26-24-22-20-18-16-13-10-7-2)57-80-84(73,74)78-53-59(66)52-77-83(71,72)79-56-60(54-75-62(67)48-43-37-14-11-8-3)81-65(70)51-46-41-36-32-33-38-42-47-58(4)5/h58-61,66H,6-57H2,1-5H3,(H,71,72)(H,73,74)/t59-,60+,61+/m0/s1. The van der Waals surface area contributed by atoms with Gasteiger partial charge in [-0.2, -0.15) is 0 Å². The van der Waals surface area contributed by atoms with Gasteiger partial charge in [0.2, 0.25) is 0 Å². The number of aliphatic hydroxyl groups is 1. The van der Waals surface area contributed by atoms with Crippen LogP contribution in [0.25, 0.3) is 0 Å². The van der Waals surface area contributed by atoms with E-state index in [0.717, 1.165) is 96.3 Å². The van der Waals surface area contributed by atoms with Gasteiger partial charge < -0.3 is 33.8 Å². The molecule has 498 valence electrons. The molecule has 0 aromatic rings. The van der Waals surface area contributed by atoms with Crippen LogP contribution in [-0.4, -0.2) is 96.7 Å². The van der Waals surface area contributed by atoms with Gasteiger partial charge in [-0.25, -0.2) is 9.13 Å². The highest BCUT2D eigenvalue weighted by Crippen LogP contribution is 2.45. The molecule has 0 rings (SSSR count). The molecule has 5 atom stereocenters. The van der Waals surface area contributed by atoms with Gasteiger partial charge in [-0.3, -0.25) is 37.3 Å². The third kappa shape index (κ3) is 59.0. The van der Waals surface area contributed by atoms with Crippen molar-refractivity contribution in [1.82, 2.24) is 0 Å². The Hall–Kier alpha value is -1.94. The SMILES string of the molecule is CCCCCCCCCCCCCCCCCC(=O)O[C@H](COC(=O)CCCCCCCCCCCCCCCC)COP(=O)(O)OC[C@@H](O)COP(=O)(O)OC[C@@H](COC(=O)CCCCCCC)OC(=O)CCCCCCCCCC(C)C. The van der Waals surface area contributed by atoms with Gasteiger partial charge >= 0.3 is 39.5 Å². The summed E-state index contributed by atoms with van der Waals surface area (Å²) in [6.07, 6.45) is 43.5. The minimum atomic E-state index is -4.94. The summed E-state index contributed by atoms with van der Waals surface area (Å²) in [4.78, 5) is 72.0. The fourth-order valence-electron chi connectivity index (χ4n) is 9.76. The maximum Gasteiger partial charge on any atom is 0.472 e. The van der Waals surface area contributed by atoms with Gasteiger partial charge in [0.15, 0.2) is 12.2 Å². The van der Waals surface area contributed by atoms with Crippen LogP contribution in [0.5, 0.6) is 0 Å². The van der Waals surface area contributed by atoms with Crippen LogP contribution in [-0.2, 0) is 65.4 Å². The first kappa shape index (κ1) is 82.1. The number of phosphoric ester groups is 2. The first-order valence-electron chi connectivity index (χ1n) is 34.1. The normalized spacial score (nSPS) is 14.2. The number of unbranched alkanes of at least 4 members (excludes halogenated alkanes) is 37. The monoisotopic (exact) mass is 1240 g/mol. The molecule has 0 radical (unpaired) electrons. The van der Waals surface area contributed by atoms with Gasteiger partial charge in [-0.1, -0.05) is 279 Å². The van der Waals surface area contributed by atoms with Gasteiger partial charge in [0.25, 0.3) is 0 Å². The Balaban J connectivity index is 5.17. The molecule has 3 N–H and O–H groups in total. The maximum atomic E-state index is 13.0. The summed E-state index contributed by atoms with van der Waals surface area (Å²) >= 11 is 0. The van der Waals surface area contributed by atoms with Crippen molar-refractivity contribution in [3.63, 3.8) is 0 Å². The summed E-state index contributed by atoms with van der Waals surface area (Å²) in [6.45, 7) is 7.06. The molecule has 0 aliphatic rings. The van der Waals surface area contributed by atoms with E-state index in [1.165, 1.54) is 148 Å². The van der Waals surface area contributed by atoms with E-state index in [-0.39, 0.29) is 25.7 Å². The Kier molecular flexibility index (Phi) is 57.4. The lowest BCUT2D eigenvalue weighted by molar-refractivity contribution is -0.161. The first-order chi connectivity index (χ1) is 40.5. The van der Waals surface area contributed by atoms with E-state index in [9.17, 15) is 43.2 Å². The summed E-state index contributed by atoms with van der Waals surface area (Å²) in [7, 11) is -9.88. The number of esters is 4. The second-order valence-corrected chi connectivity index (χ2v) is 26.9. The molecule has 2 unspecified atom stereocenters. The average Bonchev–Trinajstić information content (AvgIpc) is 3.54. The highest BCUT2D eigenvalue weighted by Gasteiger charge is 2.30. The zero-order chi connectivity index (χ0) is 62.0. The summed E-state index contributed by atoms with van der Waals surface area (Å²) in [5.74, 6) is -1.45. The number of hydrogen-bond acceptors (Lipinski definition) is 15. The molecule has 0 aliphatic heterocycles. The molecule has 0 saturated carbocycles. The van der Waals surface area contributed by atoms with Crippen LogP contribution in [0.2, 0.25) is 0 Å². The third-order valence-corrected chi connectivity index (χ3v) is 16.9. The molecule has 84 heavy (non-hydrogen) atoms. The van der Waals surface area contributed by atoms with Crippen molar-refractivity contribution in [2.45, 2.75) is 348 Å². The second kappa shape index (κ2) is 58.7. The number of hydrogen-bond donors (Lipinski definition) is 3. The first-order valence-corrected chi connectivity index (χ1v) is 37.1. The smallest absolute Gasteiger partial charge is 0.462 e. The van der Waals surface area contributed by atoms with Crippen molar-refractivity contribution in [2.75, 3.05) is 39.6 Å². The number of rotatable bonds is 65. The van der Waals surface area contributed by atoms with E-state index in [0.29, 0.717) is 31.6 Å². The fourth-order valence-corrected chi connectivity index (χ4v) is 11.3. The number of carbonyl (C=O) groups is 4. The molecule has 0 aliphatic carbocycles. The minimum Gasteiger partial charge on any atom is -0.462 e. The Morgan fingerprint density at radius 2 is 0.548 bits per heavy atom. The lowest BCUT2D eigenvalue weighted by Gasteiger charge is -2.21. The van der Waals surface area contributed by atoms with E-state index in [1.54, 1.807) is 0 Å². The van der Waals surface area contributed by atoms with E-state index in [2.05, 4.69) is 34.6 Å². The zero-order valence-corrected chi connectivity index (χ0v) is 55.8. The molecule has 19 heteroatoms. The van der Waals surface area contributed by atoms with Gasteiger partial charge in [0, 0.05) is 25.7 Å². The highest BCUT2D eigenvalue weighted by molar-refractivity contribution is 7.47. The Morgan fingerprint density at radius 3 is 0.810 bits per heavy atom. The Bertz CT molecular complexity index is 1640. The predicted octanol–water partition coefficient (Wildman–Crippen LogP) is 18.2.